The highest BCUT2D eigenvalue weighted by atomic mass is 16.5. The maximum Gasteiger partial charge on any atom is 0.307 e. The van der Waals surface area contributed by atoms with Gasteiger partial charge in [0, 0.05) is 25.8 Å². The Balaban J connectivity index is 1.63. The van der Waals surface area contributed by atoms with E-state index in [2.05, 4.69) is 0 Å². The first kappa shape index (κ1) is 15.0. The second kappa shape index (κ2) is 5.72. The number of amides is 1. The molecule has 5 nitrogen and oxygen atoms in total. The highest BCUT2D eigenvalue weighted by Crippen LogP contribution is 2.59. The van der Waals surface area contributed by atoms with Crippen molar-refractivity contribution < 1.29 is 19.4 Å². The molecular formula is C17H21NO4. The van der Waals surface area contributed by atoms with E-state index in [1.807, 2.05) is 29.2 Å². The molecule has 1 N–H and O–H groups in total. The van der Waals surface area contributed by atoms with Crippen LogP contribution in [0.4, 0.5) is 0 Å². The Bertz CT molecular complexity index is 590. The number of rotatable bonds is 4. The largest absolute Gasteiger partial charge is 0.481 e. The van der Waals surface area contributed by atoms with Gasteiger partial charge in [-0.2, -0.15) is 0 Å². The van der Waals surface area contributed by atoms with E-state index in [9.17, 15) is 9.59 Å². The minimum Gasteiger partial charge on any atom is -0.481 e. The van der Waals surface area contributed by atoms with Crippen molar-refractivity contribution in [3.63, 3.8) is 0 Å². The fourth-order valence-electron chi connectivity index (χ4n) is 3.55. The molecule has 1 aliphatic heterocycles. The summed E-state index contributed by atoms with van der Waals surface area (Å²) in [5.74, 6) is -0.859. The summed E-state index contributed by atoms with van der Waals surface area (Å²) in [6, 6.07) is 7.50. The molecule has 1 saturated carbocycles. The minimum atomic E-state index is -0.688. The van der Waals surface area contributed by atoms with Crippen molar-refractivity contribution in [2.24, 2.45) is 11.3 Å². The monoisotopic (exact) mass is 303 g/mol. The fourth-order valence-corrected chi connectivity index (χ4v) is 3.55. The van der Waals surface area contributed by atoms with Gasteiger partial charge in [-0.05, 0) is 42.4 Å². The number of aliphatic carboxylic acids is 1. The third-order valence-corrected chi connectivity index (χ3v) is 5.02. The van der Waals surface area contributed by atoms with Gasteiger partial charge in [0.1, 0.15) is 0 Å². The molecule has 1 amide bonds. The molecule has 1 aromatic rings. The maximum atomic E-state index is 12.6. The van der Waals surface area contributed by atoms with E-state index in [0.717, 1.165) is 24.8 Å². The summed E-state index contributed by atoms with van der Waals surface area (Å²) in [4.78, 5) is 25.5. The molecule has 22 heavy (non-hydrogen) atoms. The summed E-state index contributed by atoms with van der Waals surface area (Å²) in [6.07, 6.45) is 2.37. The summed E-state index contributed by atoms with van der Waals surface area (Å²) < 4.78 is 5.10. The van der Waals surface area contributed by atoms with Gasteiger partial charge in [0.05, 0.1) is 12.5 Å². The summed E-state index contributed by atoms with van der Waals surface area (Å²) in [5, 5.41) is 9.11. The SMILES string of the molecule is COCc1cccc(C(=O)N2CCC3(CC2)CC3C(=O)O)c1. The molecule has 5 heteroatoms. The zero-order valence-electron chi connectivity index (χ0n) is 12.7. The topological polar surface area (TPSA) is 66.8 Å². The fraction of sp³-hybridized carbons (Fsp3) is 0.529. The molecule has 0 aromatic heterocycles. The number of hydrogen-bond acceptors (Lipinski definition) is 3. The highest BCUT2D eigenvalue weighted by Gasteiger charge is 2.59. The van der Waals surface area contributed by atoms with Crippen LogP contribution in [0.25, 0.3) is 0 Å². The molecule has 2 aliphatic rings. The number of piperidine rings is 1. The van der Waals surface area contributed by atoms with Gasteiger partial charge in [0.25, 0.3) is 5.91 Å². The smallest absolute Gasteiger partial charge is 0.307 e. The van der Waals surface area contributed by atoms with Gasteiger partial charge in [-0.25, -0.2) is 0 Å². The molecule has 1 spiro atoms. The lowest BCUT2D eigenvalue weighted by atomic mass is 9.90. The molecule has 1 heterocycles. The number of likely N-dealkylation sites (tertiary alicyclic amines) is 1. The van der Waals surface area contributed by atoms with Crippen LogP contribution in [0.5, 0.6) is 0 Å². The van der Waals surface area contributed by atoms with E-state index in [-0.39, 0.29) is 17.2 Å². The number of methoxy groups -OCH3 is 1. The van der Waals surface area contributed by atoms with Crippen LogP contribution in [-0.2, 0) is 16.1 Å². The molecule has 1 aromatic carbocycles. The quantitative estimate of drug-likeness (QED) is 0.925. The average Bonchev–Trinajstić information content (AvgIpc) is 3.22. The number of carboxylic acids is 1. The zero-order chi connectivity index (χ0) is 15.7. The predicted octanol–water partition coefficient (Wildman–Crippen LogP) is 2.16. The molecule has 3 rings (SSSR count). The van der Waals surface area contributed by atoms with Gasteiger partial charge >= 0.3 is 5.97 Å². The van der Waals surface area contributed by atoms with E-state index in [4.69, 9.17) is 9.84 Å². The summed E-state index contributed by atoms with van der Waals surface area (Å²) in [5.41, 5.74) is 1.62. The van der Waals surface area contributed by atoms with E-state index < -0.39 is 5.97 Å². The third kappa shape index (κ3) is 2.73. The minimum absolute atomic E-state index is 0.0281. The van der Waals surface area contributed by atoms with Gasteiger partial charge in [0.2, 0.25) is 0 Å². The van der Waals surface area contributed by atoms with Crippen LogP contribution >= 0.6 is 0 Å². The molecule has 1 aliphatic carbocycles. The van der Waals surface area contributed by atoms with E-state index in [1.165, 1.54) is 0 Å². The van der Waals surface area contributed by atoms with Crippen LogP contribution in [0.1, 0.15) is 35.2 Å². The number of carboxylic acid groups (broad SMARTS) is 1. The Morgan fingerprint density at radius 2 is 2.09 bits per heavy atom. The Morgan fingerprint density at radius 3 is 2.68 bits per heavy atom. The lowest BCUT2D eigenvalue weighted by molar-refractivity contribution is -0.139. The lowest BCUT2D eigenvalue weighted by Gasteiger charge is -2.32. The first-order chi connectivity index (χ1) is 10.6. The zero-order valence-corrected chi connectivity index (χ0v) is 12.7. The van der Waals surface area contributed by atoms with Crippen molar-refractivity contribution in [3.05, 3.63) is 35.4 Å². The van der Waals surface area contributed by atoms with Crippen LogP contribution < -0.4 is 0 Å². The van der Waals surface area contributed by atoms with Crippen molar-refractivity contribution in [2.75, 3.05) is 20.2 Å². The number of benzene rings is 1. The highest BCUT2D eigenvalue weighted by molar-refractivity contribution is 5.94. The molecule has 118 valence electrons. The Morgan fingerprint density at radius 1 is 1.36 bits per heavy atom. The Kier molecular flexibility index (Phi) is 3.91. The van der Waals surface area contributed by atoms with E-state index >= 15 is 0 Å². The molecule has 0 radical (unpaired) electrons. The molecule has 1 atom stereocenters. The van der Waals surface area contributed by atoms with Crippen LogP contribution in [0, 0.1) is 11.3 Å². The first-order valence-corrected chi connectivity index (χ1v) is 7.66. The average molecular weight is 303 g/mol. The summed E-state index contributed by atoms with van der Waals surface area (Å²) in [6.45, 7) is 1.79. The molecule has 1 saturated heterocycles. The number of hydrogen-bond donors (Lipinski definition) is 1. The van der Waals surface area contributed by atoms with Crippen molar-refractivity contribution in [2.45, 2.75) is 25.9 Å². The first-order valence-electron chi connectivity index (χ1n) is 7.66. The van der Waals surface area contributed by atoms with Crippen molar-refractivity contribution in [1.82, 2.24) is 4.90 Å². The second-order valence-corrected chi connectivity index (χ2v) is 6.38. The number of nitrogens with zero attached hydrogens (tertiary/aromatic N) is 1. The van der Waals surface area contributed by atoms with Crippen LogP contribution in [0.2, 0.25) is 0 Å². The number of carbonyl (C=O) groups is 2. The van der Waals surface area contributed by atoms with Crippen molar-refractivity contribution in [1.29, 1.82) is 0 Å². The molecule has 2 fully saturated rings. The van der Waals surface area contributed by atoms with Crippen LogP contribution in [-0.4, -0.2) is 42.1 Å². The van der Waals surface area contributed by atoms with Gasteiger partial charge in [-0.3, -0.25) is 9.59 Å². The maximum absolute atomic E-state index is 12.6. The lowest BCUT2D eigenvalue weighted by Crippen LogP contribution is -2.40. The summed E-state index contributed by atoms with van der Waals surface area (Å²) >= 11 is 0. The third-order valence-electron chi connectivity index (χ3n) is 5.02. The van der Waals surface area contributed by atoms with Crippen LogP contribution in [0.15, 0.2) is 24.3 Å². The standard InChI is InChI=1S/C17H21NO4/c1-22-11-12-3-2-4-13(9-12)15(19)18-7-5-17(6-8-18)10-14(17)16(20)21/h2-4,9,14H,5-8,10-11H2,1H3,(H,20,21). The summed E-state index contributed by atoms with van der Waals surface area (Å²) in [7, 11) is 1.63. The molecular weight excluding hydrogens is 282 g/mol. The van der Waals surface area contributed by atoms with E-state index in [0.29, 0.717) is 25.3 Å². The van der Waals surface area contributed by atoms with Crippen molar-refractivity contribution in [3.8, 4) is 0 Å². The predicted molar refractivity (Wildman–Crippen MR) is 80.5 cm³/mol. The van der Waals surface area contributed by atoms with Gasteiger partial charge < -0.3 is 14.7 Å². The van der Waals surface area contributed by atoms with Crippen LogP contribution in [0.3, 0.4) is 0 Å². The number of carbonyl (C=O) groups excluding carboxylic acids is 1. The number of ether oxygens (including phenoxy) is 1. The van der Waals surface area contributed by atoms with Gasteiger partial charge in [-0.1, -0.05) is 12.1 Å². The molecule has 0 bridgehead atoms. The molecule has 1 unspecified atom stereocenters. The van der Waals surface area contributed by atoms with Gasteiger partial charge in [-0.15, -0.1) is 0 Å². The normalized spacial score (nSPS) is 22.6. The van der Waals surface area contributed by atoms with E-state index in [1.54, 1.807) is 7.11 Å². The van der Waals surface area contributed by atoms with Gasteiger partial charge in [0.15, 0.2) is 0 Å². The Hall–Kier alpha value is -1.88. The van der Waals surface area contributed by atoms with Crippen molar-refractivity contribution >= 4 is 11.9 Å². The second-order valence-electron chi connectivity index (χ2n) is 6.38. The Labute approximate surface area is 129 Å².